The highest BCUT2D eigenvalue weighted by molar-refractivity contribution is 5.74. The summed E-state index contributed by atoms with van der Waals surface area (Å²) in [6.45, 7) is 0.774. The zero-order valence-electron chi connectivity index (χ0n) is 13.3. The maximum atomic E-state index is 12.2. The van der Waals surface area contributed by atoms with Gasteiger partial charge in [-0.1, -0.05) is 25.3 Å². The van der Waals surface area contributed by atoms with E-state index >= 15 is 0 Å². The lowest BCUT2D eigenvalue weighted by Gasteiger charge is -2.37. The van der Waals surface area contributed by atoms with Gasteiger partial charge in [0.05, 0.1) is 0 Å². The monoisotopic (exact) mass is 320 g/mol. The van der Waals surface area contributed by atoms with Crippen molar-refractivity contribution in [1.82, 2.24) is 10.6 Å². The van der Waals surface area contributed by atoms with Gasteiger partial charge in [0.1, 0.15) is 0 Å². The molecule has 1 saturated carbocycles. The second-order valence-corrected chi connectivity index (χ2v) is 6.31. The molecule has 23 heavy (non-hydrogen) atoms. The van der Waals surface area contributed by atoms with Crippen LogP contribution < -0.4 is 20.1 Å². The number of hydrogen-bond acceptors (Lipinski definition) is 4. The molecule has 1 heterocycles. The van der Waals surface area contributed by atoms with E-state index in [2.05, 4.69) is 10.6 Å². The zero-order valence-corrected chi connectivity index (χ0v) is 13.3. The number of carbonyl (C=O) groups excluding carboxylic acids is 1. The molecule has 2 amide bonds. The van der Waals surface area contributed by atoms with Crippen LogP contribution in [0.2, 0.25) is 0 Å². The van der Waals surface area contributed by atoms with Gasteiger partial charge >= 0.3 is 6.03 Å². The van der Waals surface area contributed by atoms with Gasteiger partial charge in [0.25, 0.3) is 0 Å². The summed E-state index contributed by atoms with van der Waals surface area (Å²) in [6.07, 6.45) is 5.89. The van der Waals surface area contributed by atoms with Crippen LogP contribution in [0.15, 0.2) is 18.2 Å². The minimum Gasteiger partial charge on any atom is -0.454 e. The standard InChI is InChI=1S/C17H24N2O4/c20-9-8-17(6-2-1-3-7-17)19-16(21)18-11-13-4-5-14-15(10-13)23-12-22-14/h4-5,10,20H,1-3,6-9,11-12H2,(H2,18,19,21). The Balaban J connectivity index is 1.54. The van der Waals surface area contributed by atoms with Gasteiger partial charge in [0.2, 0.25) is 6.79 Å². The van der Waals surface area contributed by atoms with Crippen molar-refractivity contribution in [3.05, 3.63) is 23.8 Å². The van der Waals surface area contributed by atoms with Crippen molar-refractivity contribution < 1.29 is 19.4 Å². The smallest absolute Gasteiger partial charge is 0.315 e. The Morgan fingerprint density at radius 2 is 1.96 bits per heavy atom. The molecule has 6 heteroatoms. The van der Waals surface area contributed by atoms with Crippen molar-refractivity contribution in [1.29, 1.82) is 0 Å². The van der Waals surface area contributed by atoms with Gasteiger partial charge in [0, 0.05) is 18.7 Å². The lowest BCUT2D eigenvalue weighted by atomic mass is 9.79. The van der Waals surface area contributed by atoms with E-state index in [1.165, 1.54) is 6.42 Å². The second-order valence-electron chi connectivity index (χ2n) is 6.31. The van der Waals surface area contributed by atoms with Crippen LogP contribution in [-0.4, -0.2) is 30.1 Å². The van der Waals surface area contributed by atoms with Crippen molar-refractivity contribution >= 4 is 6.03 Å². The average Bonchev–Trinajstić information content (AvgIpc) is 3.01. The predicted octanol–water partition coefficient (Wildman–Crippen LogP) is 2.30. The number of amides is 2. The molecule has 1 aromatic rings. The van der Waals surface area contributed by atoms with Crippen molar-refractivity contribution in [2.75, 3.05) is 13.4 Å². The molecule has 1 fully saturated rings. The van der Waals surface area contributed by atoms with E-state index in [-0.39, 0.29) is 25.0 Å². The Kier molecular flexibility index (Phi) is 4.91. The number of aliphatic hydroxyl groups excluding tert-OH is 1. The maximum Gasteiger partial charge on any atom is 0.315 e. The molecule has 0 radical (unpaired) electrons. The molecule has 0 spiro atoms. The van der Waals surface area contributed by atoms with Gasteiger partial charge in [-0.25, -0.2) is 4.79 Å². The number of rotatable bonds is 5. The highest BCUT2D eigenvalue weighted by Crippen LogP contribution is 2.33. The molecule has 3 N–H and O–H groups in total. The molecule has 0 atom stereocenters. The van der Waals surface area contributed by atoms with E-state index in [1.54, 1.807) is 0 Å². The van der Waals surface area contributed by atoms with Crippen LogP contribution in [0.5, 0.6) is 11.5 Å². The summed E-state index contributed by atoms with van der Waals surface area (Å²) < 4.78 is 10.6. The Morgan fingerprint density at radius 1 is 1.17 bits per heavy atom. The molecule has 1 aliphatic heterocycles. The van der Waals surface area contributed by atoms with Crippen LogP contribution in [0.25, 0.3) is 0 Å². The fourth-order valence-electron chi connectivity index (χ4n) is 3.40. The van der Waals surface area contributed by atoms with Gasteiger partial charge in [-0.3, -0.25) is 0 Å². The molecule has 3 rings (SSSR count). The van der Waals surface area contributed by atoms with E-state index in [9.17, 15) is 9.90 Å². The van der Waals surface area contributed by atoms with Gasteiger partial charge in [-0.05, 0) is 37.0 Å². The number of urea groups is 1. The van der Waals surface area contributed by atoms with Gasteiger partial charge in [-0.15, -0.1) is 0 Å². The molecule has 0 bridgehead atoms. The van der Waals surface area contributed by atoms with Crippen LogP contribution in [0.4, 0.5) is 4.79 Å². The van der Waals surface area contributed by atoms with Crippen LogP contribution in [0.1, 0.15) is 44.1 Å². The summed E-state index contributed by atoms with van der Waals surface area (Å²) in [7, 11) is 0. The maximum absolute atomic E-state index is 12.2. The summed E-state index contributed by atoms with van der Waals surface area (Å²) in [5.41, 5.74) is 0.704. The third kappa shape index (κ3) is 3.88. The fourth-order valence-corrected chi connectivity index (χ4v) is 3.40. The van der Waals surface area contributed by atoms with E-state index in [0.717, 1.165) is 37.0 Å². The number of fused-ring (bicyclic) bond motifs is 1. The van der Waals surface area contributed by atoms with Crippen molar-refractivity contribution in [3.8, 4) is 11.5 Å². The fraction of sp³-hybridized carbons (Fsp3) is 0.588. The van der Waals surface area contributed by atoms with E-state index in [1.807, 2.05) is 18.2 Å². The second kappa shape index (κ2) is 7.08. The largest absolute Gasteiger partial charge is 0.454 e. The molecule has 0 aromatic heterocycles. The number of nitrogens with one attached hydrogen (secondary N) is 2. The van der Waals surface area contributed by atoms with E-state index in [0.29, 0.717) is 18.7 Å². The molecular weight excluding hydrogens is 296 g/mol. The predicted molar refractivity (Wildman–Crippen MR) is 85.5 cm³/mol. The average molecular weight is 320 g/mol. The third-order valence-corrected chi connectivity index (χ3v) is 4.67. The lowest BCUT2D eigenvalue weighted by Crippen LogP contribution is -2.53. The topological polar surface area (TPSA) is 79.8 Å². The first-order chi connectivity index (χ1) is 11.2. The van der Waals surface area contributed by atoms with Crippen LogP contribution in [0, 0.1) is 0 Å². The minimum absolute atomic E-state index is 0.0996. The Morgan fingerprint density at radius 3 is 2.74 bits per heavy atom. The zero-order chi connectivity index (χ0) is 16.1. The molecule has 1 aromatic carbocycles. The van der Waals surface area contributed by atoms with Crippen LogP contribution in [-0.2, 0) is 6.54 Å². The lowest BCUT2D eigenvalue weighted by molar-refractivity contribution is 0.163. The highest BCUT2D eigenvalue weighted by Gasteiger charge is 2.32. The van der Waals surface area contributed by atoms with Crippen molar-refractivity contribution in [2.24, 2.45) is 0 Å². The summed E-state index contributed by atoms with van der Waals surface area (Å²) in [5, 5.41) is 15.3. The Hall–Kier alpha value is -1.95. The molecular formula is C17H24N2O4. The quantitative estimate of drug-likeness (QED) is 0.778. The van der Waals surface area contributed by atoms with Crippen molar-refractivity contribution in [2.45, 2.75) is 50.6 Å². The normalized spacial score (nSPS) is 18.5. The number of ether oxygens (including phenoxy) is 2. The highest BCUT2D eigenvalue weighted by atomic mass is 16.7. The summed E-state index contributed by atoms with van der Waals surface area (Å²) in [6, 6.07) is 5.47. The number of carbonyl (C=O) groups is 1. The summed E-state index contributed by atoms with van der Waals surface area (Å²) >= 11 is 0. The Labute approximate surface area is 136 Å². The summed E-state index contributed by atoms with van der Waals surface area (Å²) in [4.78, 5) is 12.2. The molecule has 1 aliphatic carbocycles. The SMILES string of the molecule is O=C(NCc1ccc2c(c1)OCO2)NC1(CCO)CCCCC1. The van der Waals surface area contributed by atoms with Gasteiger partial charge in [-0.2, -0.15) is 0 Å². The minimum atomic E-state index is -0.258. The molecule has 0 saturated heterocycles. The van der Waals surface area contributed by atoms with E-state index in [4.69, 9.17) is 9.47 Å². The molecule has 2 aliphatic rings. The Bertz CT molecular complexity index is 550. The van der Waals surface area contributed by atoms with Crippen molar-refractivity contribution in [3.63, 3.8) is 0 Å². The first kappa shape index (κ1) is 15.9. The third-order valence-electron chi connectivity index (χ3n) is 4.67. The molecule has 6 nitrogen and oxygen atoms in total. The van der Waals surface area contributed by atoms with Crippen LogP contribution >= 0.6 is 0 Å². The molecule has 0 unspecified atom stereocenters. The summed E-state index contributed by atoms with van der Waals surface area (Å²) in [5.74, 6) is 1.45. The van der Waals surface area contributed by atoms with Crippen LogP contribution in [0.3, 0.4) is 0 Å². The first-order valence-electron chi connectivity index (χ1n) is 8.26. The number of benzene rings is 1. The van der Waals surface area contributed by atoms with Gasteiger partial charge < -0.3 is 25.2 Å². The first-order valence-corrected chi connectivity index (χ1v) is 8.26. The number of aliphatic hydroxyl groups is 1. The number of hydrogen-bond donors (Lipinski definition) is 3. The van der Waals surface area contributed by atoms with E-state index < -0.39 is 0 Å². The molecule has 126 valence electrons. The van der Waals surface area contributed by atoms with Gasteiger partial charge in [0.15, 0.2) is 11.5 Å².